The molecule has 5 rings (SSSR count). The van der Waals surface area contributed by atoms with Crippen molar-refractivity contribution < 1.29 is 4.79 Å². The fourth-order valence-corrected chi connectivity index (χ4v) is 4.92. The molecular formula is C29H32N4O. The number of carbonyl (C=O) groups excluding carboxylic acids is 1. The van der Waals surface area contributed by atoms with E-state index in [1.165, 1.54) is 11.1 Å². The van der Waals surface area contributed by atoms with Crippen LogP contribution in [0.2, 0.25) is 0 Å². The highest BCUT2D eigenvalue weighted by molar-refractivity contribution is 5.80. The molecule has 0 radical (unpaired) electrons. The van der Waals surface area contributed by atoms with E-state index in [4.69, 9.17) is 4.98 Å². The second-order valence-electron chi connectivity index (χ2n) is 9.32. The molecule has 174 valence electrons. The van der Waals surface area contributed by atoms with E-state index in [0.717, 1.165) is 55.0 Å². The Hall–Kier alpha value is -3.60. The van der Waals surface area contributed by atoms with E-state index in [0.29, 0.717) is 0 Å². The molecule has 4 aromatic rings. The van der Waals surface area contributed by atoms with Crippen molar-refractivity contribution in [2.75, 3.05) is 18.0 Å². The minimum absolute atomic E-state index is 0.0186. The molecule has 1 atom stereocenters. The van der Waals surface area contributed by atoms with Crippen LogP contribution in [0.15, 0.2) is 78.9 Å². The SMILES string of the molecule is Cc1ccccc1Cn1c(N2CCC(C(=O)N[C@H](C)c3ccccc3)CC2)nc2ccccc21. The van der Waals surface area contributed by atoms with Crippen molar-refractivity contribution in [2.45, 2.75) is 39.3 Å². The van der Waals surface area contributed by atoms with Gasteiger partial charge in [0.15, 0.2) is 0 Å². The molecular weight excluding hydrogens is 420 g/mol. The van der Waals surface area contributed by atoms with Gasteiger partial charge in [-0.2, -0.15) is 0 Å². The molecule has 5 nitrogen and oxygen atoms in total. The summed E-state index contributed by atoms with van der Waals surface area (Å²) in [7, 11) is 0. The largest absolute Gasteiger partial charge is 0.349 e. The predicted molar refractivity (Wildman–Crippen MR) is 138 cm³/mol. The number of hydrogen-bond acceptors (Lipinski definition) is 3. The number of nitrogens with one attached hydrogen (secondary N) is 1. The number of amides is 1. The highest BCUT2D eigenvalue weighted by Gasteiger charge is 2.28. The van der Waals surface area contributed by atoms with Crippen LogP contribution in [0.25, 0.3) is 11.0 Å². The van der Waals surface area contributed by atoms with E-state index < -0.39 is 0 Å². The molecule has 1 aromatic heterocycles. The van der Waals surface area contributed by atoms with Gasteiger partial charge in [-0.15, -0.1) is 0 Å². The third-order valence-electron chi connectivity index (χ3n) is 7.03. The van der Waals surface area contributed by atoms with Crippen LogP contribution in [0, 0.1) is 12.8 Å². The third-order valence-corrected chi connectivity index (χ3v) is 7.03. The van der Waals surface area contributed by atoms with Crippen molar-refractivity contribution in [1.82, 2.24) is 14.9 Å². The first kappa shape index (κ1) is 22.2. The Bertz CT molecular complexity index is 1270. The number of carbonyl (C=O) groups is 1. The lowest BCUT2D eigenvalue weighted by Gasteiger charge is -2.33. The number of nitrogens with zero attached hydrogens (tertiary/aromatic N) is 3. The number of aryl methyl sites for hydroxylation is 1. The van der Waals surface area contributed by atoms with E-state index in [2.05, 4.69) is 83.2 Å². The van der Waals surface area contributed by atoms with Gasteiger partial charge in [0.25, 0.3) is 0 Å². The number of piperidine rings is 1. The Morgan fingerprint density at radius 2 is 1.65 bits per heavy atom. The maximum absolute atomic E-state index is 13.0. The van der Waals surface area contributed by atoms with E-state index in [9.17, 15) is 4.79 Å². The molecule has 34 heavy (non-hydrogen) atoms. The van der Waals surface area contributed by atoms with Crippen molar-refractivity contribution in [3.63, 3.8) is 0 Å². The monoisotopic (exact) mass is 452 g/mol. The lowest BCUT2D eigenvalue weighted by atomic mass is 9.95. The maximum atomic E-state index is 13.0. The molecule has 1 fully saturated rings. The third kappa shape index (κ3) is 4.56. The second kappa shape index (κ2) is 9.72. The number of aromatic nitrogens is 2. The van der Waals surface area contributed by atoms with Crippen molar-refractivity contribution >= 4 is 22.9 Å². The summed E-state index contributed by atoms with van der Waals surface area (Å²) in [5.74, 6) is 1.20. The summed E-state index contributed by atoms with van der Waals surface area (Å²) < 4.78 is 2.33. The van der Waals surface area contributed by atoms with E-state index in [-0.39, 0.29) is 17.9 Å². The average molecular weight is 453 g/mol. The van der Waals surface area contributed by atoms with Crippen molar-refractivity contribution in [2.24, 2.45) is 5.92 Å². The topological polar surface area (TPSA) is 50.2 Å². The first-order valence-electron chi connectivity index (χ1n) is 12.2. The van der Waals surface area contributed by atoms with E-state index >= 15 is 0 Å². The molecule has 0 bridgehead atoms. The number of imidazole rings is 1. The molecule has 3 aromatic carbocycles. The normalized spacial score (nSPS) is 15.4. The molecule has 1 aliphatic heterocycles. The molecule has 0 spiro atoms. The molecule has 0 unspecified atom stereocenters. The summed E-state index contributed by atoms with van der Waals surface area (Å²) in [6.45, 7) is 6.66. The first-order chi connectivity index (χ1) is 16.6. The summed E-state index contributed by atoms with van der Waals surface area (Å²) >= 11 is 0. The van der Waals surface area contributed by atoms with E-state index in [1.54, 1.807) is 0 Å². The van der Waals surface area contributed by atoms with Crippen molar-refractivity contribution in [3.05, 3.63) is 95.6 Å². The Morgan fingerprint density at radius 1 is 0.971 bits per heavy atom. The van der Waals surface area contributed by atoms with E-state index in [1.807, 2.05) is 24.3 Å². The van der Waals surface area contributed by atoms with Crippen LogP contribution < -0.4 is 10.2 Å². The summed E-state index contributed by atoms with van der Waals surface area (Å²) in [6, 6.07) is 27.1. The highest BCUT2D eigenvalue weighted by Crippen LogP contribution is 2.29. The van der Waals surface area contributed by atoms with Crippen LogP contribution >= 0.6 is 0 Å². The van der Waals surface area contributed by atoms with Crippen LogP contribution in [0.3, 0.4) is 0 Å². The number of rotatable bonds is 6. The number of anilines is 1. The minimum atomic E-state index is 0.0186. The van der Waals surface area contributed by atoms with Gasteiger partial charge in [0.05, 0.1) is 23.6 Å². The van der Waals surface area contributed by atoms with Crippen LogP contribution in [0.5, 0.6) is 0 Å². The summed E-state index contributed by atoms with van der Waals surface area (Å²) in [5, 5.41) is 3.21. The smallest absolute Gasteiger partial charge is 0.223 e. The van der Waals surface area contributed by atoms with Crippen LogP contribution in [0.4, 0.5) is 5.95 Å². The van der Waals surface area contributed by atoms with Gasteiger partial charge in [0.2, 0.25) is 11.9 Å². The summed E-state index contributed by atoms with van der Waals surface area (Å²) in [5.41, 5.74) is 5.89. The molecule has 1 amide bonds. The van der Waals surface area contributed by atoms with Crippen molar-refractivity contribution in [1.29, 1.82) is 0 Å². The molecule has 0 saturated carbocycles. The molecule has 1 aliphatic rings. The quantitative estimate of drug-likeness (QED) is 0.421. The molecule has 1 saturated heterocycles. The molecule has 1 N–H and O–H groups in total. The standard InChI is InChI=1S/C29H32N4O/c1-21-10-6-7-13-25(21)20-33-27-15-9-8-14-26(27)31-29(33)32-18-16-24(17-19-32)28(34)30-22(2)23-11-4-3-5-12-23/h3-15,22,24H,16-20H2,1-2H3,(H,30,34)/t22-/m1/s1. The zero-order chi connectivity index (χ0) is 23.5. The highest BCUT2D eigenvalue weighted by atomic mass is 16.1. The van der Waals surface area contributed by atoms with Gasteiger partial charge in [0, 0.05) is 19.0 Å². The summed E-state index contributed by atoms with van der Waals surface area (Å²) in [6.07, 6.45) is 1.67. The van der Waals surface area contributed by atoms with Gasteiger partial charge in [-0.05, 0) is 55.5 Å². The maximum Gasteiger partial charge on any atom is 0.223 e. The predicted octanol–water partition coefficient (Wildman–Crippen LogP) is 5.49. The van der Waals surface area contributed by atoms with Gasteiger partial charge in [-0.3, -0.25) is 4.79 Å². The average Bonchev–Trinajstić information content (AvgIpc) is 3.24. The van der Waals surface area contributed by atoms with Crippen LogP contribution in [-0.4, -0.2) is 28.5 Å². The van der Waals surface area contributed by atoms with Gasteiger partial charge in [-0.25, -0.2) is 4.98 Å². The Morgan fingerprint density at radius 3 is 2.41 bits per heavy atom. The zero-order valence-electron chi connectivity index (χ0n) is 19.9. The first-order valence-corrected chi connectivity index (χ1v) is 12.2. The summed E-state index contributed by atoms with van der Waals surface area (Å²) in [4.78, 5) is 20.3. The fraction of sp³-hybridized carbons (Fsp3) is 0.310. The second-order valence-corrected chi connectivity index (χ2v) is 9.32. The molecule has 2 heterocycles. The van der Waals surface area contributed by atoms with Gasteiger partial charge >= 0.3 is 0 Å². The number of fused-ring (bicyclic) bond motifs is 1. The zero-order valence-corrected chi connectivity index (χ0v) is 19.9. The number of para-hydroxylation sites is 2. The Kier molecular flexibility index (Phi) is 6.35. The van der Waals surface area contributed by atoms with Gasteiger partial charge < -0.3 is 14.8 Å². The molecule has 5 heteroatoms. The Labute approximate surface area is 201 Å². The lowest BCUT2D eigenvalue weighted by molar-refractivity contribution is -0.126. The minimum Gasteiger partial charge on any atom is -0.349 e. The lowest BCUT2D eigenvalue weighted by Crippen LogP contribution is -2.42. The number of benzene rings is 3. The fourth-order valence-electron chi connectivity index (χ4n) is 4.92. The van der Waals surface area contributed by atoms with Crippen LogP contribution in [0.1, 0.15) is 42.5 Å². The van der Waals surface area contributed by atoms with Crippen molar-refractivity contribution in [3.8, 4) is 0 Å². The molecule has 0 aliphatic carbocycles. The van der Waals surface area contributed by atoms with Gasteiger partial charge in [0.1, 0.15) is 0 Å². The number of hydrogen-bond donors (Lipinski definition) is 1. The van der Waals surface area contributed by atoms with Crippen LogP contribution in [-0.2, 0) is 11.3 Å². The Balaban J connectivity index is 1.31. The van der Waals surface area contributed by atoms with Gasteiger partial charge in [-0.1, -0.05) is 66.7 Å².